The van der Waals surface area contributed by atoms with Crippen LogP contribution in [0, 0.1) is 0 Å². The lowest BCUT2D eigenvalue weighted by Crippen LogP contribution is -2.40. The number of sulfonamides is 1. The predicted molar refractivity (Wildman–Crippen MR) is 92.2 cm³/mol. The van der Waals surface area contributed by atoms with Crippen molar-refractivity contribution >= 4 is 15.7 Å². The van der Waals surface area contributed by atoms with Crippen molar-refractivity contribution in [2.24, 2.45) is 0 Å². The number of aromatic nitrogens is 1. The summed E-state index contributed by atoms with van der Waals surface area (Å²) in [4.78, 5) is 3.55. The monoisotopic (exact) mass is 401 g/mol. The van der Waals surface area contributed by atoms with Crippen molar-refractivity contribution in [3.8, 4) is 0 Å². The second-order valence-electron chi connectivity index (χ2n) is 5.90. The molecule has 0 radical (unpaired) electrons. The third-order valence-corrected chi connectivity index (χ3v) is 5.87. The number of halogens is 3. The van der Waals surface area contributed by atoms with Crippen LogP contribution in [0.25, 0.3) is 0 Å². The van der Waals surface area contributed by atoms with E-state index in [-0.39, 0.29) is 13.3 Å². The van der Waals surface area contributed by atoms with Gasteiger partial charge in [0.2, 0.25) is 0 Å². The minimum absolute atomic E-state index is 0.0186. The second kappa shape index (κ2) is 7.45. The zero-order chi connectivity index (χ0) is 19.7. The van der Waals surface area contributed by atoms with Crippen LogP contribution in [0.5, 0.6) is 0 Å². The number of hydrogen-bond acceptors (Lipinski definition) is 5. The van der Waals surface area contributed by atoms with Crippen LogP contribution in [-0.2, 0) is 20.9 Å². The van der Waals surface area contributed by atoms with E-state index in [9.17, 15) is 21.6 Å². The third-order valence-electron chi connectivity index (χ3n) is 4.07. The van der Waals surface area contributed by atoms with Crippen LogP contribution >= 0.6 is 0 Å². The van der Waals surface area contributed by atoms with Gasteiger partial charge in [-0.1, -0.05) is 25.1 Å². The molecule has 1 N–H and O–H groups in total. The van der Waals surface area contributed by atoms with Gasteiger partial charge in [0.1, 0.15) is 6.73 Å². The van der Waals surface area contributed by atoms with Crippen molar-refractivity contribution in [3.05, 3.63) is 53.7 Å². The molecule has 2 heterocycles. The molecule has 3 rings (SSSR count). The molecule has 1 unspecified atom stereocenters. The van der Waals surface area contributed by atoms with Crippen LogP contribution in [0.1, 0.15) is 30.7 Å². The van der Waals surface area contributed by atoms with Gasteiger partial charge in [0.25, 0.3) is 10.0 Å². The van der Waals surface area contributed by atoms with Crippen molar-refractivity contribution in [2.75, 3.05) is 18.6 Å². The van der Waals surface area contributed by atoms with E-state index in [0.717, 1.165) is 16.6 Å². The van der Waals surface area contributed by atoms with Gasteiger partial charge in [0.05, 0.1) is 5.56 Å². The van der Waals surface area contributed by atoms with Crippen LogP contribution in [-0.4, -0.2) is 31.0 Å². The van der Waals surface area contributed by atoms with E-state index in [0.29, 0.717) is 23.7 Å². The Labute approximate surface area is 155 Å². The summed E-state index contributed by atoms with van der Waals surface area (Å²) < 4.78 is 72.9. The maximum atomic E-state index is 13.3. The molecule has 2 aromatic rings. The predicted octanol–water partition coefficient (Wildman–Crippen LogP) is 3.60. The molecule has 0 spiro atoms. The number of nitrogens with zero attached hydrogens (tertiary/aromatic N) is 2. The summed E-state index contributed by atoms with van der Waals surface area (Å²) in [6.07, 6.45) is -4.47. The van der Waals surface area contributed by atoms with Crippen molar-refractivity contribution < 1.29 is 26.3 Å². The fourth-order valence-electron chi connectivity index (χ4n) is 2.91. The van der Waals surface area contributed by atoms with E-state index in [1.807, 2.05) is 0 Å². The highest BCUT2D eigenvalue weighted by Crippen LogP contribution is 2.38. The third kappa shape index (κ3) is 3.78. The number of hydrogen-bond donors (Lipinski definition) is 1. The molecule has 1 aliphatic rings. The minimum Gasteiger partial charge on any atom is -0.362 e. The van der Waals surface area contributed by atoms with E-state index in [1.165, 1.54) is 0 Å². The van der Waals surface area contributed by atoms with Gasteiger partial charge < -0.3 is 10.1 Å². The number of para-hydroxylation sites is 1. The van der Waals surface area contributed by atoms with Crippen molar-refractivity contribution in [1.29, 1.82) is 0 Å². The Bertz CT molecular complexity index is 919. The number of rotatable bonds is 5. The molecule has 27 heavy (non-hydrogen) atoms. The van der Waals surface area contributed by atoms with Crippen LogP contribution in [0.3, 0.4) is 0 Å². The van der Waals surface area contributed by atoms with Crippen LogP contribution < -0.4 is 5.32 Å². The van der Waals surface area contributed by atoms with Crippen LogP contribution in [0.2, 0.25) is 0 Å². The molecule has 146 valence electrons. The topological polar surface area (TPSA) is 71.5 Å². The van der Waals surface area contributed by atoms with Gasteiger partial charge in [0.15, 0.2) is 11.3 Å². The van der Waals surface area contributed by atoms with Crippen molar-refractivity contribution in [3.63, 3.8) is 0 Å². The van der Waals surface area contributed by atoms with Gasteiger partial charge in [-0.25, -0.2) is 13.4 Å². The molecule has 1 atom stereocenters. The number of nitrogens with one attached hydrogen (secondary N) is 1. The molecule has 0 aliphatic carbocycles. The molecule has 0 bridgehead atoms. The van der Waals surface area contributed by atoms with E-state index < -0.39 is 33.0 Å². The lowest BCUT2D eigenvalue weighted by Gasteiger charge is -2.35. The Morgan fingerprint density at radius 2 is 2.00 bits per heavy atom. The summed E-state index contributed by atoms with van der Waals surface area (Å²) in [5.41, 5.74) is -0.0966. The Hall–Kier alpha value is -2.17. The Morgan fingerprint density at radius 1 is 1.26 bits per heavy atom. The largest absolute Gasteiger partial charge is 0.419 e. The maximum Gasteiger partial charge on any atom is 0.419 e. The van der Waals surface area contributed by atoms with E-state index >= 15 is 0 Å². The smallest absolute Gasteiger partial charge is 0.362 e. The normalized spacial score (nSPS) is 17.4. The SMILES string of the molecule is CCCN(C1OCNc2ccccc21)S(=O)(=O)c1ncccc1C(F)(F)F. The zero-order valence-electron chi connectivity index (χ0n) is 14.4. The molecule has 0 amide bonds. The molecule has 0 fully saturated rings. The van der Waals surface area contributed by atoms with Crippen molar-refractivity contribution in [2.45, 2.75) is 30.8 Å². The number of anilines is 1. The fourth-order valence-corrected chi connectivity index (χ4v) is 4.63. The molecule has 1 aromatic heterocycles. The van der Waals surface area contributed by atoms with Gasteiger partial charge in [-0.15, -0.1) is 0 Å². The summed E-state index contributed by atoms with van der Waals surface area (Å²) in [6, 6.07) is 8.68. The molecule has 6 nitrogen and oxygen atoms in total. The molecule has 0 saturated carbocycles. The molecular weight excluding hydrogens is 383 g/mol. The molecule has 1 aromatic carbocycles. The highest BCUT2D eigenvalue weighted by molar-refractivity contribution is 7.89. The maximum absolute atomic E-state index is 13.3. The van der Waals surface area contributed by atoms with E-state index in [4.69, 9.17) is 4.74 Å². The molecule has 1 aliphatic heterocycles. The van der Waals surface area contributed by atoms with E-state index in [1.54, 1.807) is 31.2 Å². The van der Waals surface area contributed by atoms with Crippen LogP contribution in [0.4, 0.5) is 18.9 Å². The first-order chi connectivity index (χ1) is 12.8. The first kappa shape index (κ1) is 19.6. The average molecular weight is 401 g/mol. The first-order valence-electron chi connectivity index (χ1n) is 8.25. The minimum atomic E-state index is -4.85. The highest BCUT2D eigenvalue weighted by Gasteiger charge is 2.43. The number of ether oxygens (including phenoxy) is 1. The lowest BCUT2D eigenvalue weighted by atomic mass is 10.1. The molecule has 0 saturated heterocycles. The quantitative estimate of drug-likeness (QED) is 0.829. The lowest BCUT2D eigenvalue weighted by molar-refractivity contribution is -0.140. The zero-order valence-corrected chi connectivity index (χ0v) is 15.2. The number of alkyl halides is 3. The van der Waals surface area contributed by atoms with Crippen molar-refractivity contribution in [1.82, 2.24) is 9.29 Å². The summed E-state index contributed by atoms with van der Waals surface area (Å²) >= 11 is 0. The van der Waals surface area contributed by atoms with Gasteiger partial charge in [-0.3, -0.25) is 0 Å². The Kier molecular flexibility index (Phi) is 5.41. The Balaban J connectivity index is 2.12. The van der Waals surface area contributed by atoms with Gasteiger partial charge in [-0.2, -0.15) is 17.5 Å². The average Bonchev–Trinajstić information content (AvgIpc) is 2.65. The summed E-state index contributed by atoms with van der Waals surface area (Å²) in [7, 11) is -4.57. The highest BCUT2D eigenvalue weighted by atomic mass is 32.2. The second-order valence-corrected chi connectivity index (χ2v) is 7.70. The van der Waals surface area contributed by atoms with Gasteiger partial charge in [0, 0.05) is 24.0 Å². The summed E-state index contributed by atoms with van der Waals surface area (Å²) in [6.45, 7) is 1.75. The standard InChI is InChI=1S/C17H18F3N3O3S/c1-2-10-23(16-12-6-3-4-8-14(12)22-11-26-16)27(24,25)15-13(17(18,19)20)7-5-9-21-15/h3-9,16,22H,2,10-11H2,1H3. The van der Waals surface area contributed by atoms with E-state index in [2.05, 4.69) is 10.3 Å². The van der Waals surface area contributed by atoms with Gasteiger partial charge in [-0.05, 0) is 24.6 Å². The first-order valence-corrected chi connectivity index (χ1v) is 9.69. The Morgan fingerprint density at radius 3 is 2.70 bits per heavy atom. The summed E-state index contributed by atoms with van der Waals surface area (Å²) in [5.74, 6) is 0. The number of fused-ring (bicyclic) bond motifs is 1. The molecular formula is C17H18F3N3O3S. The number of pyridine rings is 1. The number of benzene rings is 1. The summed E-state index contributed by atoms with van der Waals surface area (Å²) in [5, 5.41) is 1.95. The fraction of sp³-hybridized carbons (Fsp3) is 0.353. The van der Waals surface area contributed by atoms with Crippen LogP contribution in [0.15, 0.2) is 47.6 Å². The molecule has 10 heteroatoms. The van der Waals surface area contributed by atoms with Gasteiger partial charge >= 0.3 is 6.18 Å².